The smallest absolute Gasteiger partial charge is 0.150 e. The first-order valence-corrected chi connectivity index (χ1v) is 4.43. The largest absolute Gasteiger partial charge is 0.296 e. The standard InChI is InChI=1S/C9H17N3/c1-7(2)12(4)11-9(10-3)8-5-6-8/h7-8H,3,5-6H2,1-2,4H3/b11-9-. The molecule has 1 fully saturated rings. The monoisotopic (exact) mass is 167 g/mol. The Morgan fingerprint density at radius 3 is 2.42 bits per heavy atom. The molecule has 0 aromatic carbocycles. The van der Waals surface area contributed by atoms with Crippen LogP contribution in [0.15, 0.2) is 10.1 Å². The molecule has 1 rings (SSSR count). The van der Waals surface area contributed by atoms with Crippen molar-refractivity contribution in [2.75, 3.05) is 7.05 Å². The van der Waals surface area contributed by atoms with Gasteiger partial charge in [-0.3, -0.25) is 5.01 Å². The highest BCUT2D eigenvalue weighted by Crippen LogP contribution is 2.31. The Morgan fingerprint density at radius 1 is 1.50 bits per heavy atom. The molecule has 0 unspecified atom stereocenters. The molecule has 0 saturated heterocycles. The van der Waals surface area contributed by atoms with E-state index in [1.54, 1.807) is 0 Å². The van der Waals surface area contributed by atoms with E-state index in [0.29, 0.717) is 12.0 Å². The number of hydrogen-bond acceptors (Lipinski definition) is 2. The zero-order valence-electron chi connectivity index (χ0n) is 8.12. The summed E-state index contributed by atoms with van der Waals surface area (Å²) in [5, 5.41) is 6.31. The van der Waals surface area contributed by atoms with Gasteiger partial charge in [0.15, 0.2) is 5.84 Å². The van der Waals surface area contributed by atoms with Gasteiger partial charge in [-0.25, -0.2) is 4.99 Å². The molecule has 0 amide bonds. The summed E-state index contributed by atoms with van der Waals surface area (Å²) in [6, 6.07) is 0.431. The van der Waals surface area contributed by atoms with Crippen LogP contribution in [0.1, 0.15) is 26.7 Å². The SMILES string of the molecule is C=N/C(=N\N(C)C(C)C)C1CC1. The molecule has 68 valence electrons. The summed E-state index contributed by atoms with van der Waals surface area (Å²) in [5.74, 6) is 1.50. The van der Waals surface area contributed by atoms with Crippen LogP contribution < -0.4 is 0 Å². The Morgan fingerprint density at radius 2 is 2.08 bits per heavy atom. The molecule has 0 heterocycles. The van der Waals surface area contributed by atoms with Crippen LogP contribution in [-0.4, -0.2) is 30.7 Å². The number of hydrazone groups is 1. The van der Waals surface area contributed by atoms with Crippen molar-refractivity contribution in [1.82, 2.24) is 5.01 Å². The Bertz CT molecular complexity index is 192. The Hall–Kier alpha value is -0.860. The third-order valence-electron chi connectivity index (χ3n) is 2.11. The average Bonchev–Trinajstić information content (AvgIpc) is 2.82. The van der Waals surface area contributed by atoms with Crippen molar-refractivity contribution < 1.29 is 0 Å². The van der Waals surface area contributed by atoms with Crippen molar-refractivity contribution >= 4 is 12.6 Å². The quantitative estimate of drug-likeness (QED) is 0.357. The van der Waals surface area contributed by atoms with E-state index in [1.807, 2.05) is 12.1 Å². The highest BCUT2D eigenvalue weighted by atomic mass is 15.5. The van der Waals surface area contributed by atoms with Crippen molar-refractivity contribution in [2.45, 2.75) is 32.7 Å². The predicted molar refractivity (Wildman–Crippen MR) is 52.6 cm³/mol. The summed E-state index contributed by atoms with van der Waals surface area (Å²) in [6.45, 7) is 7.74. The van der Waals surface area contributed by atoms with E-state index in [1.165, 1.54) is 12.8 Å². The van der Waals surface area contributed by atoms with Crippen molar-refractivity contribution in [2.24, 2.45) is 16.0 Å². The summed E-state index contributed by atoms with van der Waals surface area (Å²) in [6.07, 6.45) is 2.45. The fraction of sp³-hybridized carbons (Fsp3) is 0.778. The molecule has 0 radical (unpaired) electrons. The fourth-order valence-electron chi connectivity index (χ4n) is 0.861. The van der Waals surface area contributed by atoms with E-state index >= 15 is 0 Å². The minimum atomic E-state index is 0.431. The van der Waals surface area contributed by atoms with Crippen molar-refractivity contribution in [1.29, 1.82) is 0 Å². The van der Waals surface area contributed by atoms with Gasteiger partial charge in [0.1, 0.15) is 0 Å². The van der Waals surface area contributed by atoms with Crippen molar-refractivity contribution in [3.63, 3.8) is 0 Å². The molecule has 0 aliphatic heterocycles. The first kappa shape index (κ1) is 9.23. The number of amidine groups is 1. The van der Waals surface area contributed by atoms with Crippen LogP contribution in [-0.2, 0) is 0 Å². The summed E-state index contributed by atoms with van der Waals surface area (Å²) in [7, 11) is 1.97. The molecule has 0 bridgehead atoms. The maximum Gasteiger partial charge on any atom is 0.150 e. The number of rotatable bonds is 3. The van der Waals surface area contributed by atoms with Crippen LogP contribution in [0.4, 0.5) is 0 Å². The molecule has 12 heavy (non-hydrogen) atoms. The van der Waals surface area contributed by atoms with Crippen LogP contribution >= 0.6 is 0 Å². The van der Waals surface area contributed by atoms with Crippen molar-refractivity contribution in [3.05, 3.63) is 0 Å². The molecule has 3 heteroatoms. The summed E-state index contributed by atoms with van der Waals surface area (Å²) < 4.78 is 0. The summed E-state index contributed by atoms with van der Waals surface area (Å²) in [5.41, 5.74) is 0. The van der Waals surface area contributed by atoms with Gasteiger partial charge in [-0.05, 0) is 33.4 Å². The van der Waals surface area contributed by atoms with Crippen LogP contribution in [0.25, 0.3) is 0 Å². The molecular weight excluding hydrogens is 150 g/mol. The van der Waals surface area contributed by atoms with Gasteiger partial charge in [0.05, 0.1) is 0 Å². The zero-order chi connectivity index (χ0) is 9.14. The number of nitrogens with zero attached hydrogens (tertiary/aromatic N) is 3. The summed E-state index contributed by atoms with van der Waals surface area (Å²) in [4.78, 5) is 3.93. The van der Waals surface area contributed by atoms with E-state index in [0.717, 1.165) is 5.84 Å². The number of hydrogen-bond donors (Lipinski definition) is 0. The average molecular weight is 167 g/mol. The maximum absolute atomic E-state index is 4.38. The molecular formula is C9H17N3. The first-order valence-electron chi connectivity index (χ1n) is 4.43. The second-order valence-corrected chi connectivity index (χ2v) is 3.56. The lowest BCUT2D eigenvalue weighted by Crippen LogP contribution is -2.22. The third kappa shape index (κ3) is 2.32. The van der Waals surface area contributed by atoms with E-state index in [4.69, 9.17) is 0 Å². The van der Waals surface area contributed by atoms with Gasteiger partial charge < -0.3 is 0 Å². The van der Waals surface area contributed by atoms with E-state index in [9.17, 15) is 0 Å². The summed E-state index contributed by atoms with van der Waals surface area (Å²) >= 11 is 0. The molecule has 0 atom stereocenters. The molecule has 1 saturated carbocycles. The molecule has 0 N–H and O–H groups in total. The van der Waals surface area contributed by atoms with E-state index in [2.05, 4.69) is 30.7 Å². The molecule has 1 aliphatic carbocycles. The van der Waals surface area contributed by atoms with Crippen LogP contribution in [0.2, 0.25) is 0 Å². The number of aliphatic imine (C=N–C) groups is 1. The Kier molecular flexibility index (Phi) is 2.84. The molecule has 3 nitrogen and oxygen atoms in total. The predicted octanol–water partition coefficient (Wildman–Crippen LogP) is 1.75. The van der Waals surface area contributed by atoms with Gasteiger partial charge in [0, 0.05) is 19.0 Å². The lowest BCUT2D eigenvalue weighted by atomic mass is 10.4. The Balaban J connectivity index is 2.56. The highest BCUT2D eigenvalue weighted by molar-refractivity contribution is 5.89. The minimum Gasteiger partial charge on any atom is -0.296 e. The second-order valence-electron chi connectivity index (χ2n) is 3.56. The van der Waals surface area contributed by atoms with Gasteiger partial charge >= 0.3 is 0 Å². The van der Waals surface area contributed by atoms with Crippen LogP contribution in [0.5, 0.6) is 0 Å². The minimum absolute atomic E-state index is 0.431. The van der Waals surface area contributed by atoms with E-state index < -0.39 is 0 Å². The van der Waals surface area contributed by atoms with E-state index in [-0.39, 0.29) is 0 Å². The van der Waals surface area contributed by atoms with Crippen LogP contribution in [0.3, 0.4) is 0 Å². The maximum atomic E-state index is 4.38. The third-order valence-corrected chi connectivity index (χ3v) is 2.11. The molecule has 0 spiro atoms. The van der Waals surface area contributed by atoms with Gasteiger partial charge in [-0.15, -0.1) is 0 Å². The second kappa shape index (κ2) is 3.70. The normalized spacial score (nSPS) is 18.2. The van der Waals surface area contributed by atoms with Gasteiger partial charge in [-0.2, -0.15) is 5.10 Å². The first-order chi connectivity index (χ1) is 5.65. The fourth-order valence-corrected chi connectivity index (χ4v) is 0.861. The van der Waals surface area contributed by atoms with Gasteiger partial charge in [0.2, 0.25) is 0 Å². The lowest BCUT2D eigenvalue weighted by Gasteiger charge is -2.17. The van der Waals surface area contributed by atoms with Crippen LogP contribution in [0, 0.1) is 5.92 Å². The zero-order valence-corrected chi connectivity index (χ0v) is 8.12. The highest BCUT2D eigenvalue weighted by Gasteiger charge is 2.27. The lowest BCUT2D eigenvalue weighted by molar-refractivity contribution is 0.287. The van der Waals surface area contributed by atoms with Gasteiger partial charge in [0.25, 0.3) is 0 Å². The Labute approximate surface area is 74.2 Å². The van der Waals surface area contributed by atoms with Crippen molar-refractivity contribution in [3.8, 4) is 0 Å². The molecule has 0 aromatic rings. The molecule has 1 aliphatic rings. The molecule has 0 aromatic heterocycles. The topological polar surface area (TPSA) is 28.0 Å². The van der Waals surface area contributed by atoms with Gasteiger partial charge in [-0.1, -0.05) is 0 Å².